The molecule has 0 radical (unpaired) electrons. The molecular formula is C13H19N. The second-order valence-corrected chi connectivity index (χ2v) is 4.48. The molecule has 1 heterocycles. The Bertz CT molecular complexity index is 312. The van der Waals surface area contributed by atoms with Gasteiger partial charge in [-0.3, -0.25) is 0 Å². The Hall–Kier alpha value is -1.07. The molecule has 1 heteroatoms. The van der Waals surface area contributed by atoms with Gasteiger partial charge in [0.1, 0.15) is 0 Å². The molecule has 1 aliphatic rings. The normalized spacial score (nSPS) is 17.9. The molecule has 1 nitrogen and oxygen atoms in total. The summed E-state index contributed by atoms with van der Waals surface area (Å²) in [7, 11) is 0. The van der Waals surface area contributed by atoms with E-state index in [0.29, 0.717) is 11.3 Å². The van der Waals surface area contributed by atoms with Crippen molar-refractivity contribution in [2.45, 2.75) is 34.1 Å². The van der Waals surface area contributed by atoms with E-state index in [9.17, 15) is 0 Å². The largest absolute Gasteiger partial charge is 0.214 e. The third-order valence-electron chi connectivity index (χ3n) is 3.33. The van der Waals surface area contributed by atoms with Crippen molar-refractivity contribution in [1.29, 1.82) is 0 Å². The van der Waals surface area contributed by atoms with Gasteiger partial charge in [0.2, 0.25) is 0 Å². The SMILES string of the molecule is CCC(C)(C)C(C)C1=CN=C=CC=C1. The molecule has 0 saturated heterocycles. The van der Waals surface area contributed by atoms with Crippen LogP contribution < -0.4 is 0 Å². The summed E-state index contributed by atoms with van der Waals surface area (Å²) in [6.07, 6.45) is 9.07. The minimum atomic E-state index is 0.329. The summed E-state index contributed by atoms with van der Waals surface area (Å²) in [5.41, 5.74) is 1.62. The van der Waals surface area contributed by atoms with Gasteiger partial charge in [0, 0.05) is 6.20 Å². The number of aliphatic imine (C=N–C) groups is 1. The number of rotatable bonds is 3. The molecule has 0 aromatic rings. The predicted molar refractivity (Wildman–Crippen MR) is 62.5 cm³/mol. The molecule has 0 fully saturated rings. The molecule has 1 unspecified atom stereocenters. The summed E-state index contributed by atoms with van der Waals surface area (Å²) in [6.45, 7) is 9.10. The minimum absolute atomic E-state index is 0.329. The third-order valence-corrected chi connectivity index (χ3v) is 3.33. The number of hydrogen-bond acceptors (Lipinski definition) is 1. The van der Waals surface area contributed by atoms with Crippen molar-refractivity contribution in [2.24, 2.45) is 16.3 Å². The average Bonchev–Trinajstić information content (AvgIpc) is 2.44. The molecule has 0 aromatic carbocycles. The van der Waals surface area contributed by atoms with E-state index < -0.39 is 0 Å². The Morgan fingerprint density at radius 1 is 1.50 bits per heavy atom. The van der Waals surface area contributed by atoms with Gasteiger partial charge < -0.3 is 0 Å². The van der Waals surface area contributed by atoms with E-state index in [0.717, 1.165) is 0 Å². The van der Waals surface area contributed by atoms with E-state index in [1.54, 1.807) is 0 Å². The summed E-state index contributed by atoms with van der Waals surface area (Å²) in [4.78, 5) is 4.09. The molecule has 1 aliphatic heterocycles. The maximum absolute atomic E-state index is 4.09. The van der Waals surface area contributed by atoms with Crippen LogP contribution in [-0.2, 0) is 0 Å². The summed E-state index contributed by atoms with van der Waals surface area (Å²) >= 11 is 0. The van der Waals surface area contributed by atoms with Crippen LogP contribution in [0, 0.1) is 11.3 Å². The van der Waals surface area contributed by atoms with Gasteiger partial charge in [0.25, 0.3) is 0 Å². The van der Waals surface area contributed by atoms with Gasteiger partial charge in [0.05, 0.1) is 0 Å². The highest BCUT2D eigenvalue weighted by atomic mass is 14.7. The van der Waals surface area contributed by atoms with Crippen molar-refractivity contribution >= 4 is 5.87 Å². The van der Waals surface area contributed by atoms with Gasteiger partial charge in [-0.15, -0.1) is 0 Å². The van der Waals surface area contributed by atoms with Crippen molar-refractivity contribution in [2.75, 3.05) is 0 Å². The van der Waals surface area contributed by atoms with Crippen LogP contribution in [0.4, 0.5) is 0 Å². The predicted octanol–water partition coefficient (Wildman–Crippen LogP) is 3.74. The van der Waals surface area contributed by atoms with Crippen LogP contribution in [0.1, 0.15) is 34.1 Å². The van der Waals surface area contributed by atoms with Crippen LogP contribution in [0.15, 0.2) is 35.0 Å². The lowest BCUT2D eigenvalue weighted by Gasteiger charge is -2.31. The molecule has 0 N–H and O–H groups in total. The molecule has 76 valence electrons. The molecule has 1 rings (SSSR count). The summed E-state index contributed by atoms with van der Waals surface area (Å²) in [6, 6.07) is 0. The number of nitrogens with zero attached hydrogens (tertiary/aromatic N) is 1. The zero-order valence-electron chi connectivity index (χ0n) is 9.54. The van der Waals surface area contributed by atoms with E-state index in [1.807, 2.05) is 18.4 Å². The lowest BCUT2D eigenvalue weighted by atomic mass is 9.74. The Morgan fingerprint density at radius 2 is 2.21 bits per heavy atom. The third kappa shape index (κ3) is 2.46. The van der Waals surface area contributed by atoms with Crippen LogP contribution in [0.3, 0.4) is 0 Å². The van der Waals surface area contributed by atoms with E-state index in [2.05, 4.69) is 44.6 Å². The zero-order chi connectivity index (χ0) is 10.6. The second kappa shape index (κ2) is 4.43. The summed E-state index contributed by atoms with van der Waals surface area (Å²) in [5.74, 6) is 3.37. The van der Waals surface area contributed by atoms with Gasteiger partial charge in [-0.05, 0) is 28.9 Å². The Morgan fingerprint density at radius 3 is 2.86 bits per heavy atom. The van der Waals surface area contributed by atoms with Crippen molar-refractivity contribution in [1.82, 2.24) is 0 Å². The van der Waals surface area contributed by atoms with Crippen molar-refractivity contribution in [3.05, 3.63) is 30.0 Å². The fraction of sp³-hybridized carbons (Fsp3) is 0.538. The first-order valence-electron chi connectivity index (χ1n) is 5.23. The second-order valence-electron chi connectivity index (χ2n) is 4.48. The molecule has 0 saturated carbocycles. The van der Waals surface area contributed by atoms with E-state index in [4.69, 9.17) is 0 Å². The van der Waals surface area contributed by atoms with Crippen LogP contribution in [0.25, 0.3) is 0 Å². The summed E-state index contributed by atoms with van der Waals surface area (Å²) < 4.78 is 0. The van der Waals surface area contributed by atoms with Crippen LogP contribution in [0.2, 0.25) is 0 Å². The maximum atomic E-state index is 4.09. The summed E-state index contributed by atoms with van der Waals surface area (Å²) in [5, 5.41) is 0. The molecule has 1 atom stereocenters. The highest BCUT2D eigenvalue weighted by Crippen LogP contribution is 2.35. The lowest BCUT2D eigenvalue weighted by Crippen LogP contribution is -2.21. The van der Waals surface area contributed by atoms with Gasteiger partial charge >= 0.3 is 0 Å². The Kier molecular flexibility index (Phi) is 3.49. The molecule has 0 amide bonds. The lowest BCUT2D eigenvalue weighted by molar-refractivity contribution is 0.258. The first-order valence-corrected chi connectivity index (χ1v) is 5.23. The zero-order valence-corrected chi connectivity index (χ0v) is 9.54. The number of hydrogen-bond donors (Lipinski definition) is 0. The number of allylic oxidation sites excluding steroid dienone is 4. The van der Waals surface area contributed by atoms with Crippen LogP contribution in [0.5, 0.6) is 0 Å². The smallest absolute Gasteiger partial charge is 0.0403 e. The molecule has 0 bridgehead atoms. The van der Waals surface area contributed by atoms with Gasteiger partial charge in [-0.25, -0.2) is 4.99 Å². The molecule has 0 aromatic heterocycles. The monoisotopic (exact) mass is 189 g/mol. The Labute approximate surface area is 86.9 Å². The average molecular weight is 189 g/mol. The van der Waals surface area contributed by atoms with Crippen molar-refractivity contribution in [3.63, 3.8) is 0 Å². The minimum Gasteiger partial charge on any atom is -0.214 e. The van der Waals surface area contributed by atoms with Gasteiger partial charge in [0.15, 0.2) is 0 Å². The Balaban J connectivity index is 2.85. The fourth-order valence-corrected chi connectivity index (χ4v) is 1.41. The highest BCUT2D eigenvalue weighted by molar-refractivity contribution is 5.57. The van der Waals surface area contributed by atoms with Crippen molar-refractivity contribution in [3.8, 4) is 0 Å². The molecule has 14 heavy (non-hydrogen) atoms. The molecule has 0 spiro atoms. The van der Waals surface area contributed by atoms with E-state index in [-0.39, 0.29) is 0 Å². The van der Waals surface area contributed by atoms with Crippen molar-refractivity contribution < 1.29 is 0 Å². The fourth-order valence-electron chi connectivity index (χ4n) is 1.41. The van der Waals surface area contributed by atoms with E-state index in [1.165, 1.54) is 12.0 Å². The first kappa shape index (κ1) is 11.0. The first-order chi connectivity index (χ1) is 6.58. The highest BCUT2D eigenvalue weighted by Gasteiger charge is 2.25. The standard InChI is InChI=1S/C13H19N/c1-5-13(3,4)11(2)12-8-6-7-9-14-10-12/h6-8,10-11H,5H2,1-4H3. The molecular weight excluding hydrogens is 170 g/mol. The van der Waals surface area contributed by atoms with Gasteiger partial charge in [-0.2, -0.15) is 0 Å². The van der Waals surface area contributed by atoms with Crippen LogP contribution in [-0.4, -0.2) is 5.87 Å². The quantitative estimate of drug-likeness (QED) is 0.641. The van der Waals surface area contributed by atoms with E-state index >= 15 is 0 Å². The maximum Gasteiger partial charge on any atom is 0.0403 e. The topological polar surface area (TPSA) is 12.4 Å². The molecule has 0 aliphatic carbocycles. The van der Waals surface area contributed by atoms with Gasteiger partial charge in [-0.1, -0.05) is 46.3 Å². The van der Waals surface area contributed by atoms with Crippen LogP contribution >= 0.6 is 0 Å².